The lowest BCUT2D eigenvalue weighted by atomic mass is 9.96. The van der Waals surface area contributed by atoms with Gasteiger partial charge >= 0.3 is 11.8 Å². The number of hydrogen-bond acceptors (Lipinski definition) is 4. The molecule has 0 saturated carbocycles. The molecule has 2 amide bonds. The summed E-state index contributed by atoms with van der Waals surface area (Å²) in [6.45, 7) is 4.99. The summed E-state index contributed by atoms with van der Waals surface area (Å²) in [5, 5.41) is 5.16. The molecule has 0 radical (unpaired) electrons. The second-order valence-electron chi connectivity index (χ2n) is 7.66. The van der Waals surface area contributed by atoms with Crippen molar-refractivity contribution in [2.24, 2.45) is 5.92 Å². The molecule has 1 saturated heterocycles. The van der Waals surface area contributed by atoms with Crippen molar-refractivity contribution in [2.75, 3.05) is 31.2 Å². The fourth-order valence-corrected chi connectivity index (χ4v) is 4.21. The van der Waals surface area contributed by atoms with E-state index in [2.05, 4.69) is 46.1 Å². The molecule has 0 spiro atoms. The zero-order valence-electron chi connectivity index (χ0n) is 17.4. The van der Waals surface area contributed by atoms with E-state index < -0.39 is 17.6 Å². The van der Waals surface area contributed by atoms with Crippen LogP contribution in [0.5, 0.6) is 0 Å². The normalized spacial score (nSPS) is 15.0. The molecule has 160 valence electrons. The molecule has 3 rings (SSSR count). The molecular formula is C23H28FN3O2S. The SMILES string of the molecule is CSc1ccccc1CN1CCC(CNC(=O)C(=O)Nc2ccc(C)c(F)c2)CC1. The highest BCUT2D eigenvalue weighted by atomic mass is 32.2. The molecule has 1 aliphatic heterocycles. The average molecular weight is 430 g/mol. The maximum absolute atomic E-state index is 13.6. The summed E-state index contributed by atoms with van der Waals surface area (Å²) in [4.78, 5) is 27.9. The fourth-order valence-electron chi connectivity index (χ4n) is 3.60. The molecule has 0 unspecified atom stereocenters. The molecule has 0 atom stereocenters. The highest BCUT2D eigenvalue weighted by Gasteiger charge is 2.22. The fraction of sp³-hybridized carbons (Fsp3) is 0.391. The van der Waals surface area contributed by atoms with E-state index >= 15 is 0 Å². The topological polar surface area (TPSA) is 61.4 Å². The maximum Gasteiger partial charge on any atom is 0.313 e. The van der Waals surface area contributed by atoms with Crippen molar-refractivity contribution in [1.82, 2.24) is 10.2 Å². The van der Waals surface area contributed by atoms with E-state index in [0.29, 0.717) is 18.0 Å². The third-order valence-corrected chi connectivity index (χ3v) is 6.32. The van der Waals surface area contributed by atoms with Gasteiger partial charge in [0.1, 0.15) is 5.82 Å². The Morgan fingerprint density at radius 1 is 1.13 bits per heavy atom. The average Bonchev–Trinajstić information content (AvgIpc) is 2.76. The monoisotopic (exact) mass is 429 g/mol. The summed E-state index contributed by atoms with van der Waals surface area (Å²) < 4.78 is 13.6. The van der Waals surface area contributed by atoms with Gasteiger partial charge in [-0.3, -0.25) is 14.5 Å². The molecule has 7 heteroatoms. The number of rotatable bonds is 6. The predicted octanol–water partition coefficient (Wildman–Crippen LogP) is 3.82. The summed E-state index contributed by atoms with van der Waals surface area (Å²) in [6.07, 6.45) is 4.05. The largest absolute Gasteiger partial charge is 0.348 e. The lowest BCUT2D eigenvalue weighted by molar-refractivity contribution is -0.136. The molecule has 2 aromatic rings. The van der Waals surface area contributed by atoms with Crippen molar-refractivity contribution in [3.05, 3.63) is 59.4 Å². The number of carbonyl (C=O) groups excluding carboxylic acids is 2. The Morgan fingerprint density at radius 3 is 2.57 bits per heavy atom. The van der Waals surface area contributed by atoms with Crippen LogP contribution in [0.15, 0.2) is 47.4 Å². The van der Waals surface area contributed by atoms with Gasteiger partial charge in [0.2, 0.25) is 0 Å². The number of nitrogens with one attached hydrogen (secondary N) is 2. The van der Waals surface area contributed by atoms with Gasteiger partial charge in [-0.05, 0) is 74.4 Å². The first-order valence-corrected chi connectivity index (χ1v) is 11.4. The van der Waals surface area contributed by atoms with Gasteiger partial charge in [-0.15, -0.1) is 11.8 Å². The summed E-state index contributed by atoms with van der Waals surface area (Å²) in [5.41, 5.74) is 2.11. The van der Waals surface area contributed by atoms with E-state index in [1.807, 2.05) is 0 Å². The van der Waals surface area contributed by atoms with Crippen LogP contribution in [0.3, 0.4) is 0 Å². The Labute approximate surface area is 181 Å². The van der Waals surface area contributed by atoms with Crippen molar-refractivity contribution in [3.8, 4) is 0 Å². The molecule has 5 nitrogen and oxygen atoms in total. The van der Waals surface area contributed by atoms with E-state index in [9.17, 15) is 14.0 Å². The molecule has 2 N–H and O–H groups in total. The Hall–Kier alpha value is -2.38. The number of likely N-dealkylation sites (tertiary alicyclic amines) is 1. The number of amides is 2. The quantitative estimate of drug-likeness (QED) is 0.541. The number of carbonyl (C=O) groups is 2. The van der Waals surface area contributed by atoms with Crippen LogP contribution in [-0.2, 0) is 16.1 Å². The lowest BCUT2D eigenvalue weighted by Crippen LogP contribution is -2.41. The van der Waals surface area contributed by atoms with Gasteiger partial charge < -0.3 is 10.6 Å². The van der Waals surface area contributed by atoms with Gasteiger partial charge in [0.05, 0.1) is 0 Å². The van der Waals surface area contributed by atoms with Crippen LogP contribution >= 0.6 is 11.8 Å². The molecule has 2 aromatic carbocycles. The molecule has 1 fully saturated rings. The van der Waals surface area contributed by atoms with E-state index in [1.54, 1.807) is 30.8 Å². The number of aryl methyl sites for hydroxylation is 1. The molecule has 1 heterocycles. The minimum Gasteiger partial charge on any atom is -0.348 e. The highest BCUT2D eigenvalue weighted by Crippen LogP contribution is 2.24. The van der Waals surface area contributed by atoms with Crippen LogP contribution in [0.1, 0.15) is 24.0 Å². The van der Waals surface area contributed by atoms with Crippen molar-refractivity contribution >= 4 is 29.3 Å². The van der Waals surface area contributed by atoms with E-state index in [1.165, 1.54) is 16.5 Å². The number of hydrogen-bond donors (Lipinski definition) is 2. The van der Waals surface area contributed by atoms with Gasteiger partial charge in [0, 0.05) is 23.7 Å². The summed E-state index contributed by atoms with van der Waals surface area (Å²) in [6, 6.07) is 12.8. The molecule has 1 aliphatic rings. The minimum atomic E-state index is -0.774. The third kappa shape index (κ3) is 6.06. The molecular weight excluding hydrogens is 401 g/mol. The van der Waals surface area contributed by atoms with Crippen LogP contribution in [0.25, 0.3) is 0 Å². The summed E-state index contributed by atoms with van der Waals surface area (Å²) in [5.74, 6) is -1.53. The van der Waals surface area contributed by atoms with Crippen LogP contribution in [0.4, 0.5) is 10.1 Å². The molecule has 0 aromatic heterocycles. The standard InChI is InChI=1S/C23H28FN3O2S/c1-16-7-8-19(13-20(16)24)26-23(29)22(28)25-14-17-9-11-27(12-10-17)15-18-5-3-4-6-21(18)30-2/h3-8,13,17H,9-12,14-15H2,1-2H3,(H,25,28)(H,26,29). The zero-order valence-corrected chi connectivity index (χ0v) is 18.2. The molecule has 0 aliphatic carbocycles. The van der Waals surface area contributed by atoms with Gasteiger partial charge in [-0.2, -0.15) is 0 Å². The Kier molecular flexibility index (Phi) is 7.87. The van der Waals surface area contributed by atoms with Crippen molar-refractivity contribution in [1.29, 1.82) is 0 Å². The number of thioether (sulfide) groups is 1. The number of benzene rings is 2. The van der Waals surface area contributed by atoms with Gasteiger partial charge in [-0.25, -0.2) is 4.39 Å². The van der Waals surface area contributed by atoms with Crippen LogP contribution in [0, 0.1) is 18.7 Å². The lowest BCUT2D eigenvalue weighted by Gasteiger charge is -2.32. The first-order chi connectivity index (χ1) is 14.5. The molecule has 30 heavy (non-hydrogen) atoms. The zero-order chi connectivity index (χ0) is 21.5. The van der Waals surface area contributed by atoms with Crippen molar-refractivity contribution < 1.29 is 14.0 Å². The van der Waals surface area contributed by atoms with E-state index in [0.717, 1.165) is 32.5 Å². The van der Waals surface area contributed by atoms with Crippen LogP contribution < -0.4 is 10.6 Å². The third-order valence-electron chi connectivity index (χ3n) is 5.48. The number of piperidine rings is 1. The Balaban J connectivity index is 1.41. The smallest absolute Gasteiger partial charge is 0.313 e. The van der Waals surface area contributed by atoms with Crippen molar-refractivity contribution in [2.45, 2.75) is 31.2 Å². The highest BCUT2D eigenvalue weighted by molar-refractivity contribution is 7.98. The first kappa shape index (κ1) is 22.3. The van der Waals surface area contributed by atoms with Gasteiger partial charge in [0.25, 0.3) is 0 Å². The predicted molar refractivity (Wildman–Crippen MR) is 119 cm³/mol. The number of anilines is 1. The molecule has 0 bridgehead atoms. The van der Waals surface area contributed by atoms with Crippen molar-refractivity contribution in [3.63, 3.8) is 0 Å². The van der Waals surface area contributed by atoms with E-state index in [-0.39, 0.29) is 5.69 Å². The number of nitrogens with zero attached hydrogens (tertiary/aromatic N) is 1. The van der Waals surface area contributed by atoms with Crippen LogP contribution in [-0.4, -0.2) is 42.6 Å². The second-order valence-corrected chi connectivity index (χ2v) is 8.51. The van der Waals surface area contributed by atoms with Gasteiger partial charge in [0.15, 0.2) is 0 Å². The maximum atomic E-state index is 13.6. The summed E-state index contributed by atoms with van der Waals surface area (Å²) in [7, 11) is 0. The van der Waals surface area contributed by atoms with Crippen LogP contribution in [0.2, 0.25) is 0 Å². The van der Waals surface area contributed by atoms with Gasteiger partial charge in [-0.1, -0.05) is 24.3 Å². The summed E-state index contributed by atoms with van der Waals surface area (Å²) >= 11 is 1.77. The Bertz CT molecular complexity index is 898. The van der Waals surface area contributed by atoms with E-state index in [4.69, 9.17) is 0 Å². The second kappa shape index (κ2) is 10.6. The first-order valence-electron chi connectivity index (χ1n) is 10.2. The number of halogens is 1. The minimum absolute atomic E-state index is 0.275. The Morgan fingerprint density at radius 2 is 1.87 bits per heavy atom.